The monoisotopic (exact) mass is 224 g/mol. The molecular weight excluding hydrogens is 216 g/mol. The Hall–Kier alpha value is -0.760. The molecule has 6 nitrogen and oxygen atoms in total. The molecular formula is C5H8N2O4S2. The lowest BCUT2D eigenvalue weighted by Crippen LogP contribution is -2.43. The van der Waals surface area contributed by atoms with Crippen LogP contribution >= 0.6 is 0 Å². The van der Waals surface area contributed by atoms with Crippen molar-refractivity contribution < 1.29 is 16.8 Å². The molecule has 74 valence electrons. The van der Waals surface area contributed by atoms with Crippen molar-refractivity contribution in [1.82, 2.24) is 0 Å². The van der Waals surface area contributed by atoms with Crippen molar-refractivity contribution in [3.05, 3.63) is 0 Å². The van der Waals surface area contributed by atoms with Crippen LogP contribution in [0.2, 0.25) is 0 Å². The van der Waals surface area contributed by atoms with Crippen molar-refractivity contribution in [2.45, 2.75) is 4.20 Å². The molecule has 8 heteroatoms. The lowest BCUT2D eigenvalue weighted by molar-refractivity contribution is 0.575. The van der Waals surface area contributed by atoms with Gasteiger partial charge in [0.05, 0.1) is 6.21 Å². The van der Waals surface area contributed by atoms with E-state index >= 15 is 0 Å². The summed E-state index contributed by atoms with van der Waals surface area (Å²) in [4.78, 5) is 6.78. The molecule has 0 saturated carbocycles. The summed E-state index contributed by atoms with van der Waals surface area (Å²) in [7, 11) is -7.71. The van der Waals surface area contributed by atoms with Gasteiger partial charge in [0.2, 0.25) is 0 Å². The first-order valence-corrected chi connectivity index (χ1v) is 6.96. The van der Waals surface area contributed by atoms with Crippen LogP contribution in [0.3, 0.4) is 0 Å². The standard InChI is InChI=1S/C5H8N2O4S2/c1-12(8,9)5(13(2,10)11)3-6-4-7-5/h3-4H,1-2H3. The molecule has 0 radical (unpaired) electrons. The fraction of sp³-hybridized carbons (Fsp3) is 0.600. The highest BCUT2D eigenvalue weighted by Gasteiger charge is 2.50. The van der Waals surface area contributed by atoms with E-state index in [0.29, 0.717) is 0 Å². The van der Waals surface area contributed by atoms with Gasteiger partial charge in [-0.3, -0.25) is 0 Å². The molecule has 0 bridgehead atoms. The van der Waals surface area contributed by atoms with Gasteiger partial charge in [0.25, 0.3) is 4.20 Å². The predicted octanol–water partition coefficient (Wildman–Crippen LogP) is -1.16. The number of hydrogen-bond donors (Lipinski definition) is 0. The van der Waals surface area contributed by atoms with Crippen molar-refractivity contribution in [3.63, 3.8) is 0 Å². The minimum Gasteiger partial charge on any atom is -0.245 e. The largest absolute Gasteiger partial charge is 0.297 e. The quantitative estimate of drug-likeness (QED) is 0.591. The molecule has 1 heterocycles. The summed E-state index contributed by atoms with van der Waals surface area (Å²) in [5.74, 6) is 0. The topological polar surface area (TPSA) is 93.0 Å². The Morgan fingerprint density at radius 3 is 1.69 bits per heavy atom. The molecule has 0 saturated heterocycles. The molecule has 0 N–H and O–H groups in total. The van der Waals surface area contributed by atoms with E-state index in [-0.39, 0.29) is 0 Å². The summed E-state index contributed by atoms with van der Waals surface area (Å²) in [6, 6.07) is 0. The maximum absolute atomic E-state index is 11.2. The zero-order valence-corrected chi connectivity index (χ0v) is 8.63. The summed E-state index contributed by atoms with van der Waals surface area (Å²) in [6.07, 6.45) is 3.35. The van der Waals surface area contributed by atoms with Gasteiger partial charge < -0.3 is 0 Å². The third kappa shape index (κ3) is 1.39. The maximum atomic E-state index is 11.2. The molecule has 0 aromatic carbocycles. The third-order valence-corrected chi connectivity index (χ3v) is 5.97. The minimum atomic E-state index is -3.86. The van der Waals surface area contributed by atoms with Gasteiger partial charge in [0.15, 0.2) is 19.7 Å². The molecule has 0 amide bonds. The Kier molecular flexibility index (Phi) is 2.07. The summed E-state index contributed by atoms with van der Waals surface area (Å²) in [5.41, 5.74) is 0. The molecule has 1 rings (SSSR count). The Morgan fingerprint density at radius 2 is 1.54 bits per heavy atom. The second-order valence-electron chi connectivity index (χ2n) is 2.70. The van der Waals surface area contributed by atoms with E-state index in [4.69, 9.17) is 0 Å². The highest BCUT2D eigenvalue weighted by atomic mass is 32.3. The van der Waals surface area contributed by atoms with Crippen LogP contribution in [0, 0.1) is 0 Å². The molecule has 0 aromatic rings. The predicted molar refractivity (Wildman–Crippen MR) is 49.4 cm³/mol. The van der Waals surface area contributed by atoms with E-state index in [2.05, 4.69) is 9.98 Å². The van der Waals surface area contributed by atoms with Gasteiger partial charge in [-0.25, -0.2) is 26.8 Å². The van der Waals surface area contributed by atoms with Crippen molar-refractivity contribution in [2.75, 3.05) is 12.5 Å². The lowest BCUT2D eigenvalue weighted by atomic mass is 10.7. The molecule has 0 fully saturated rings. The van der Waals surface area contributed by atoms with Gasteiger partial charge in [-0.05, 0) is 0 Å². The van der Waals surface area contributed by atoms with E-state index in [0.717, 1.165) is 25.1 Å². The van der Waals surface area contributed by atoms with Gasteiger partial charge in [-0.1, -0.05) is 0 Å². The van der Waals surface area contributed by atoms with Crippen LogP contribution in [0.4, 0.5) is 0 Å². The van der Waals surface area contributed by atoms with Gasteiger partial charge >= 0.3 is 0 Å². The first-order valence-electron chi connectivity index (χ1n) is 3.18. The number of nitrogens with zero attached hydrogens (tertiary/aromatic N) is 2. The Bertz CT molecular complexity index is 425. The summed E-state index contributed by atoms with van der Waals surface area (Å²) < 4.78 is 42.7. The Morgan fingerprint density at radius 1 is 1.08 bits per heavy atom. The Labute approximate surface area is 76.2 Å². The first-order chi connectivity index (χ1) is 5.71. The smallest absolute Gasteiger partial charge is 0.245 e. The molecule has 0 aliphatic carbocycles. The second-order valence-corrected chi connectivity index (χ2v) is 7.29. The summed E-state index contributed by atoms with van der Waals surface area (Å²) in [6.45, 7) is 0. The van der Waals surface area contributed by atoms with Crippen molar-refractivity contribution in [3.8, 4) is 0 Å². The second kappa shape index (κ2) is 2.61. The number of hydrogen-bond acceptors (Lipinski definition) is 6. The van der Waals surface area contributed by atoms with E-state index in [1.165, 1.54) is 0 Å². The maximum Gasteiger partial charge on any atom is 0.297 e. The Balaban J connectivity index is 3.56. The summed E-state index contributed by atoms with van der Waals surface area (Å²) >= 11 is 0. The minimum absolute atomic E-state index is 0.808. The van der Waals surface area contributed by atoms with Crippen molar-refractivity contribution in [1.29, 1.82) is 0 Å². The van der Waals surface area contributed by atoms with Gasteiger partial charge in [-0.2, -0.15) is 0 Å². The van der Waals surface area contributed by atoms with Crippen LogP contribution in [-0.2, 0) is 19.7 Å². The zero-order chi connectivity index (χ0) is 10.3. The van der Waals surface area contributed by atoms with Gasteiger partial charge in [0.1, 0.15) is 6.34 Å². The van der Waals surface area contributed by atoms with Crippen LogP contribution in [0.1, 0.15) is 0 Å². The van der Waals surface area contributed by atoms with E-state index in [1.807, 2.05) is 0 Å². The highest BCUT2D eigenvalue weighted by Crippen LogP contribution is 2.25. The number of aliphatic imine (C=N–C) groups is 2. The molecule has 0 atom stereocenters. The van der Waals surface area contributed by atoms with Crippen LogP contribution in [0.25, 0.3) is 0 Å². The fourth-order valence-electron chi connectivity index (χ4n) is 0.933. The van der Waals surface area contributed by atoms with Crippen LogP contribution in [0.15, 0.2) is 9.98 Å². The van der Waals surface area contributed by atoms with Gasteiger partial charge in [-0.15, -0.1) is 0 Å². The average Bonchev–Trinajstić information content (AvgIpc) is 2.28. The zero-order valence-electron chi connectivity index (χ0n) is 7.00. The molecule has 0 aromatic heterocycles. The van der Waals surface area contributed by atoms with Crippen LogP contribution < -0.4 is 0 Å². The van der Waals surface area contributed by atoms with Crippen LogP contribution in [-0.4, -0.2) is 46.1 Å². The molecule has 0 spiro atoms. The fourth-order valence-corrected chi connectivity index (χ4v) is 4.11. The van der Waals surface area contributed by atoms with Crippen molar-refractivity contribution >= 4 is 32.2 Å². The van der Waals surface area contributed by atoms with Crippen LogP contribution in [0.5, 0.6) is 0 Å². The van der Waals surface area contributed by atoms with Gasteiger partial charge in [0, 0.05) is 12.5 Å². The molecule has 1 aliphatic rings. The normalized spacial score (nSPS) is 20.8. The highest BCUT2D eigenvalue weighted by molar-refractivity contribution is 8.10. The van der Waals surface area contributed by atoms with E-state index in [1.54, 1.807) is 0 Å². The van der Waals surface area contributed by atoms with E-state index < -0.39 is 23.9 Å². The summed E-state index contributed by atoms with van der Waals surface area (Å²) in [5, 5.41) is 0. The van der Waals surface area contributed by atoms with E-state index in [9.17, 15) is 16.8 Å². The molecule has 13 heavy (non-hydrogen) atoms. The molecule has 0 unspecified atom stereocenters. The first kappa shape index (κ1) is 10.3. The SMILES string of the molecule is CS(=O)(=O)C1(S(C)(=O)=O)C=NC=N1. The number of sulfone groups is 2. The lowest BCUT2D eigenvalue weighted by Gasteiger charge is -2.17. The number of rotatable bonds is 2. The molecule has 1 aliphatic heterocycles. The van der Waals surface area contributed by atoms with Crippen molar-refractivity contribution in [2.24, 2.45) is 9.98 Å². The average molecular weight is 224 g/mol. The third-order valence-electron chi connectivity index (χ3n) is 1.60.